The Balaban J connectivity index is 2.33. The van der Waals surface area contributed by atoms with Gasteiger partial charge in [0.1, 0.15) is 6.04 Å². The summed E-state index contributed by atoms with van der Waals surface area (Å²) in [6, 6.07) is -0.768. The Labute approximate surface area is 77.4 Å². The van der Waals surface area contributed by atoms with Crippen molar-refractivity contribution in [3.05, 3.63) is 11.6 Å². The third-order valence-electron chi connectivity index (χ3n) is 2.11. The maximum absolute atomic E-state index is 10.4. The molecule has 13 heavy (non-hydrogen) atoms. The zero-order valence-electron chi connectivity index (χ0n) is 7.53. The summed E-state index contributed by atoms with van der Waals surface area (Å²) >= 11 is 0. The van der Waals surface area contributed by atoms with Gasteiger partial charge in [0.15, 0.2) is 0 Å². The highest BCUT2D eigenvalue weighted by molar-refractivity contribution is 5.73. The molecule has 0 amide bonds. The van der Waals surface area contributed by atoms with E-state index in [1.807, 2.05) is 6.08 Å². The average Bonchev–Trinajstić information content (AvgIpc) is 2.15. The summed E-state index contributed by atoms with van der Waals surface area (Å²) in [5.41, 5.74) is 6.62. The molecule has 4 heteroatoms. The van der Waals surface area contributed by atoms with E-state index in [2.05, 4.69) is 0 Å². The van der Waals surface area contributed by atoms with Gasteiger partial charge in [-0.15, -0.1) is 0 Å². The smallest absolute Gasteiger partial charge is 0.320 e. The van der Waals surface area contributed by atoms with Crippen molar-refractivity contribution in [1.29, 1.82) is 0 Å². The summed E-state index contributed by atoms with van der Waals surface area (Å²) in [7, 11) is 0. The van der Waals surface area contributed by atoms with Crippen LogP contribution in [0.4, 0.5) is 0 Å². The molecule has 0 saturated carbocycles. The molecule has 0 spiro atoms. The third kappa shape index (κ3) is 3.57. The van der Waals surface area contributed by atoms with Crippen LogP contribution in [0, 0.1) is 0 Å². The highest BCUT2D eigenvalue weighted by atomic mass is 16.5. The van der Waals surface area contributed by atoms with Crippen molar-refractivity contribution >= 4 is 5.97 Å². The molecule has 1 saturated heterocycles. The van der Waals surface area contributed by atoms with Crippen LogP contribution in [0.15, 0.2) is 11.6 Å². The minimum Gasteiger partial charge on any atom is -0.480 e. The number of ether oxygens (including phenoxy) is 1. The molecule has 1 aliphatic rings. The van der Waals surface area contributed by atoms with Gasteiger partial charge in [-0.1, -0.05) is 11.6 Å². The van der Waals surface area contributed by atoms with E-state index in [9.17, 15) is 4.79 Å². The van der Waals surface area contributed by atoms with E-state index in [-0.39, 0.29) is 0 Å². The lowest BCUT2D eigenvalue weighted by Gasteiger charge is -2.14. The van der Waals surface area contributed by atoms with Crippen molar-refractivity contribution in [1.82, 2.24) is 0 Å². The highest BCUT2D eigenvalue weighted by Gasteiger charge is 2.10. The van der Waals surface area contributed by atoms with Crippen LogP contribution in [0.2, 0.25) is 0 Å². The Morgan fingerprint density at radius 1 is 1.62 bits per heavy atom. The van der Waals surface area contributed by atoms with Crippen LogP contribution in [-0.4, -0.2) is 30.3 Å². The second-order valence-electron chi connectivity index (χ2n) is 3.16. The molecule has 0 aromatic carbocycles. The number of rotatable bonds is 3. The molecule has 1 aliphatic heterocycles. The Morgan fingerprint density at radius 2 is 2.23 bits per heavy atom. The van der Waals surface area contributed by atoms with Crippen molar-refractivity contribution in [3.8, 4) is 0 Å². The zero-order valence-corrected chi connectivity index (χ0v) is 7.53. The van der Waals surface area contributed by atoms with Gasteiger partial charge in [0.05, 0.1) is 13.2 Å². The summed E-state index contributed by atoms with van der Waals surface area (Å²) in [6.45, 7) is 1.49. The van der Waals surface area contributed by atoms with Crippen LogP contribution >= 0.6 is 0 Å². The van der Waals surface area contributed by atoms with Gasteiger partial charge >= 0.3 is 5.97 Å². The molecule has 0 radical (unpaired) electrons. The molecule has 3 N–H and O–H groups in total. The fourth-order valence-electron chi connectivity index (χ4n) is 1.23. The lowest BCUT2D eigenvalue weighted by Crippen LogP contribution is -2.29. The number of aliphatic carboxylic acids is 1. The van der Waals surface area contributed by atoms with E-state index in [0.29, 0.717) is 6.42 Å². The molecule has 1 heterocycles. The average molecular weight is 185 g/mol. The minimum atomic E-state index is -0.941. The van der Waals surface area contributed by atoms with Gasteiger partial charge in [-0.2, -0.15) is 0 Å². The van der Waals surface area contributed by atoms with Gasteiger partial charge in [0.25, 0.3) is 0 Å². The topological polar surface area (TPSA) is 72.5 Å². The summed E-state index contributed by atoms with van der Waals surface area (Å²) in [5.74, 6) is -0.941. The van der Waals surface area contributed by atoms with Crippen LogP contribution in [-0.2, 0) is 9.53 Å². The molecule has 1 fully saturated rings. The first-order valence-electron chi connectivity index (χ1n) is 4.44. The number of carboxylic acids is 1. The first kappa shape index (κ1) is 10.2. The first-order valence-corrected chi connectivity index (χ1v) is 4.44. The number of nitrogens with two attached hydrogens (primary N) is 1. The largest absolute Gasteiger partial charge is 0.480 e. The first-order chi connectivity index (χ1) is 6.20. The van der Waals surface area contributed by atoms with Crippen LogP contribution in [0.5, 0.6) is 0 Å². The summed E-state index contributed by atoms with van der Waals surface area (Å²) in [4.78, 5) is 10.4. The Morgan fingerprint density at radius 3 is 2.77 bits per heavy atom. The highest BCUT2D eigenvalue weighted by Crippen LogP contribution is 2.14. The van der Waals surface area contributed by atoms with Crippen molar-refractivity contribution < 1.29 is 14.6 Å². The maximum Gasteiger partial charge on any atom is 0.320 e. The number of hydrogen-bond donors (Lipinski definition) is 2. The molecule has 0 aliphatic carbocycles. The normalized spacial score (nSPS) is 19.6. The van der Waals surface area contributed by atoms with Crippen molar-refractivity contribution in [2.45, 2.75) is 25.3 Å². The fraction of sp³-hybridized carbons (Fsp3) is 0.667. The van der Waals surface area contributed by atoms with E-state index in [1.54, 1.807) is 0 Å². The second-order valence-corrected chi connectivity index (χ2v) is 3.16. The van der Waals surface area contributed by atoms with E-state index in [1.165, 1.54) is 5.57 Å². The lowest BCUT2D eigenvalue weighted by molar-refractivity contribution is -0.138. The predicted octanol–water partition coefficient (Wildman–Crippen LogP) is 0.525. The molecular formula is C9H15NO3. The quantitative estimate of drug-likeness (QED) is 0.629. The van der Waals surface area contributed by atoms with Crippen LogP contribution in [0.25, 0.3) is 0 Å². The molecule has 4 nitrogen and oxygen atoms in total. The molecule has 1 unspecified atom stereocenters. The second kappa shape index (κ2) is 4.99. The van der Waals surface area contributed by atoms with Crippen molar-refractivity contribution in [2.75, 3.05) is 13.2 Å². The van der Waals surface area contributed by atoms with Gasteiger partial charge in [-0.25, -0.2) is 0 Å². The number of carbonyl (C=O) groups is 1. The maximum atomic E-state index is 10.4. The predicted molar refractivity (Wildman–Crippen MR) is 48.4 cm³/mol. The Kier molecular flexibility index (Phi) is 3.92. The van der Waals surface area contributed by atoms with Crippen LogP contribution < -0.4 is 5.73 Å². The summed E-state index contributed by atoms with van der Waals surface area (Å²) in [5, 5.41) is 8.53. The van der Waals surface area contributed by atoms with Gasteiger partial charge in [-0.3, -0.25) is 4.79 Å². The zero-order chi connectivity index (χ0) is 9.68. The van der Waals surface area contributed by atoms with Crippen LogP contribution in [0.1, 0.15) is 19.3 Å². The number of carboxylic acid groups (broad SMARTS) is 1. The molecule has 0 aromatic heterocycles. The summed E-state index contributed by atoms with van der Waals surface area (Å²) in [6.07, 6.45) is 4.17. The Hall–Kier alpha value is -0.870. The minimum absolute atomic E-state index is 0.421. The van der Waals surface area contributed by atoms with Gasteiger partial charge in [0, 0.05) is 0 Å². The van der Waals surface area contributed by atoms with E-state index >= 15 is 0 Å². The van der Waals surface area contributed by atoms with E-state index in [0.717, 1.165) is 26.1 Å². The van der Waals surface area contributed by atoms with Gasteiger partial charge in [0.2, 0.25) is 0 Å². The van der Waals surface area contributed by atoms with Crippen molar-refractivity contribution in [2.24, 2.45) is 5.73 Å². The lowest BCUT2D eigenvalue weighted by atomic mass is 10.0. The molecular weight excluding hydrogens is 170 g/mol. The van der Waals surface area contributed by atoms with Gasteiger partial charge < -0.3 is 15.6 Å². The Bertz CT molecular complexity index is 205. The summed E-state index contributed by atoms with van der Waals surface area (Å²) < 4.78 is 5.17. The van der Waals surface area contributed by atoms with Crippen LogP contribution in [0.3, 0.4) is 0 Å². The van der Waals surface area contributed by atoms with Gasteiger partial charge in [-0.05, 0) is 19.3 Å². The van der Waals surface area contributed by atoms with E-state index in [4.69, 9.17) is 15.6 Å². The molecule has 1 atom stereocenters. The SMILES string of the molecule is NC(CC=C1CCOCC1)C(=O)O. The fourth-order valence-corrected chi connectivity index (χ4v) is 1.23. The third-order valence-corrected chi connectivity index (χ3v) is 2.11. The van der Waals surface area contributed by atoms with Crippen molar-refractivity contribution in [3.63, 3.8) is 0 Å². The molecule has 0 bridgehead atoms. The van der Waals surface area contributed by atoms with E-state index < -0.39 is 12.0 Å². The standard InChI is InChI=1S/C9H15NO3/c10-8(9(11)12)2-1-7-3-5-13-6-4-7/h1,8H,2-6,10H2,(H,11,12). The molecule has 1 rings (SSSR count). The molecule has 0 aromatic rings. The monoisotopic (exact) mass is 185 g/mol. The number of hydrogen-bond acceptors (Lipinski definition) is 3. The molecule has 74 valence electrons.